The Hall–Kier alpha value is -5.96. The van der Waals surface area contributed by atoms with E-state index in [1.807, 2.05) is 18.3 Å². The van der Waals surface area contributed by atoms with Gasteiger partial charge < -0.3 is 20.1 Å². The Morgan fingerprint density at radius 2 is 0.880 bits per heavy atom. The van der Waals surface area contributed by atoms with Crippen LogP contribution in [-0.4, -0.2) is 55.5 Å². The molecule has 8 nitrogen and oxygen atoms in total. The van der Waals surface area contributed by atoms with Crippen molar-refractivity contribution in [2.24, 2.45) is 0 Å². The molecule has 2 fully saturated rings. The van der Waals surface area contributed by atoms with Crippen molar-refractivity contribution in [3.05, 3.63) is 177 Å². The number of hydrogen-bond acceptors (Lipinski definition) is 7. The van der Waals surface area contributed by atoms with Gasteiger partial charge >= 0.3 is 11.9 Å². The van der Waals surface area contributed by atoms with Crippen LogP contribution in [0, 0.1) is 13.8 Å². The smallest absolute Gasteiger partial charge is 0.310 e. The normalized spacial score (nSPS) is 15.4. The zero-order valence-electron chi connectivity index (χ0n) is 46.1. The molecule has 2 aromatic heterocycles. The number of ether oxygens (including phenoxy) is 1. The average Bonchev–Trinajstić information content (AvgIpc) is 3.42. The number of carbonyl (C=O) groups is 2. The van der Waals surface area contributed by atoms with Crippen LogP contribution in [0.1, 0.15) is 186 Å². The molecule has 398 valence electrons. The van der Waals surface area contributed by atoms with E-state index >= 15 is 0 Å². The Morgan fingerprint density at radius 1 is 0.507 bits per heavy atom. The van der Waals surface area contributed by atoms with E-state index in [0.29, 0.717) is 5.56 Å². The Bertz CT molecular complexity index is 2810. The van der Waals surface area contributed by atoms with Gasteiger partial charge in [-0.1, -0.05) is 151 Å². The van der Waals surface area contributed by atoms with Gasteiger partial charge in [0, 0.05) is 46.7 Å². The number of carboxylic acids is 1. The number of carbonyl (C=O) groups excluding carboxylic acids is 1. The number of aromatic nitrogens is 2. The van der Waals surface area contributed by atoms with E-state index in [-0.39, 0.29) is 29.6 Å². The molecular formula is C67H84N2O6. The molecular weight excluding hydrogens is 929 g/mol. The molecule has 6 aromatic rings. The van der Waals surface area contributed by atoms with Gasteiger partial charge in [0.05, 0.1) is 31.2 Å². The van der Waals surface area contributed by atoms with Crippen molar-refractivity contribution in [1.82, 2.24) is 9.97 Å². The van der Waals surface area contributed by atoms with E-state index in [0.717, 1.165) is 131 Å². The Balaban J connectivity index is 0.000000219. The number of methoxy groups -OCH3 is 1. The fraction of sp³-hybridized carbons (Fsp3) is 0.463. The van der Waals surface area contributed by atoms with Gasteiger partial charge in [-0.3, -0.25) is 19.6 Å². The number of benzene rings is 4. The maximum absolute atomic E-state index is 11.7. The van der Waals surface area contributed by atoms with Crippen LogP contribution in [0.5, 0.6) is 0 Å². The molecule has 2 aliphatic rings. The highest BCUT2D eigenvalue weighted by molar-refractivity contribution is 5.74. The molecule has 0 unspecified atom stereocenters. The van der Waals surface area contributed by atoms with Crippen LogP contribution in [0.15, 0.2) is 122 Å². The maximum atomic E-state index is 11.7. The lowest BCUT2D eigenvalue weighted by molar-refractivity contribution is -0.140. The maximum Gasteiger partial charge on any atom is 0.310 e. The summed E-state index contributed by atoms with van der Waals surface area (Å²) in [4.78, 5) is 31.4. The number of hydrogen-bond donors (Lipinski definition) is 3. The van der Waals surface area contributed by atoms with Gasteiger partial charge in [-0.25, -0.2) is 0 Å². The highest BCUT2D eigenvalue weighted by Crippen LogP contribution is 2.43. The Kier molecular flexibility index (Phi) is 19.5. The van der Waals surface area contributed by atoms with Gasteiger partial charge in [0.2, 0.25) is 0 Å². The summed E-state index contributed by atoms with van der Waals surface area (Å²) in [6.07, 6.45) is 25.6. The van der Waals surface area contributed by atoms with E-state index in [9.17, 15) is 19.8 Å². The largest absolute Gasteiger partial charge is 0.481 e. The van der Waals surface area contributed by atoms with Crippen LogP contribution in [0.3, 0.4) is 0 Å². The molecule has 0 radical (unpaired) electrons. The minimum atomic E-state index is -0.851. The third kappa shape index (κ3) is 13.9. The van der Waals surface area contributed by atoms with Gasteiger partial charge in [0.25, 0.3) is 0 Å². The summed E-state index contributed by atoms with van der Waals surface area (Å²) in [5, 5.41) is 31.1. The molecule has 0 saturated heterocycles. The summed E-state index contributed by atoms with van der Waals surface area (Å²) in [6, 6.07) is 35.4. The van der Waals surface area contributed by atoms with Gasteiger partial charge in [0.15, 0.2) is 0 Å². The third-order valence-corrected chi connectivity index (χ3v) is 17.6. The molecule has 0 bridgehead atoms. The van der Waals surface area contributed by atoms with E-state index in [1.54, 1.807) is 18.6 Å². The van der Waals surface area contributed by atoms with Crippen molar-refractivity contribution in [2.75, 3.05) is 7.11 Å². The van der Waals surface area contributed by atoms with Gasteiger partial charge in [0.1, 0.15) is 0 Å². The number of pyridine rings is 2. The predicted octanol–water partition coefficient (Wildman–Crippen LogP) is 14.9. The second-order valence-electron chi connectivity index (χ2n) is 22.1. The van der Waals surface area contributed by atoms with Gasteiger partial charge in [-0.2, -0.15) is 0 Å². The minimum Gasteiger partial charge on any atom is -0.481 e. The lowest BCUT2D eigenvalue weighted by Gasteiger charge is -2.34. The van der Waals surface area contributed by atoms with Gasteiger partial charge in [-0.15, -0.1) is 0 Å². The molecule has 0 spiro atoms. The number of aliphatic carboxylic acids is 1. The molecule has 3 N–H and O–H groups in total. The second kappa shape index (κ2) is 25.7. The molecule has 75 heavy (non-hydrogen) atoms. The second-order valence-corrected chi connectivity index (χ2v) is 22.1. The molecule has 2 heterocycles. The standard InChI is InChI=1S/C34H43NO3.C33H41NO3/c1-5-34(6-2,31-15-10-27(25(3)20-31)16-19-33(37)17-8-7-9-18-33)30-13-11-28(12-14-30)29-21-26(23-35-24-29)22-32(36)38-4;1-4-33(5-2,29-12-10-27(11-13-29)28-20-25(21-31(35)36)22-34-23-28)30-14-9-26(24(3)19-30)15-18-32(37)16-7-6-8-17-32/h10-15,20-21,23-24,37H,5-9,16-19,22H2,1-4H3;9-14,19-20,22-23,37H,4-8,15-18,21H2,1-3H3,(H,35,36). The summed E-state index contributed by atoms with van der Waals surface area (Å²) >= 11 is 0. The molecule has 0 aliphatic heterocycles. The minimum absolute atomic E-state index is 0.0255. The van der Waals surface area contributed by atoms with Gasteiger partial charge in [-0.05, 0) is 170 Å². The van der Waals surface area contributed by atoms with Crippen LogP contribution in [0.2, 0.25) is 0 Å². The van der Waals surface area contributed by atoms with Crippen molar-refractivity contribution in [3.63, 3.8) is 0 Å². The first kappa shape index (κ1) is 56.8. The fourth-order valence-electron chi connectivity index (χ4n) is 12.5. The molecule has 2 saturated carbocycles. The van der Waals surface area contributed by atoms with Crippen molar-refractivity contribution in [1.29, 1.82) is 0 Å². The number of aliphatic hydroxyl groups is 2. The average molecular weight is 1010 g/mol. The topological polar surface area (TPSA) is 130 Å². The van der Waals surface area contributed by atoms with Crippen molar-refractivity contribution in [3.8, 4) is 22.3 Å². The zero-order chi connectivity index (χ0) is 53.6. The lowest BCUT2D eigenvalue weighted by atomic mass is 9.70. The lowest BCUT2D eigenvalue weighted by Crippen LogP contribution is -2.31. The quantitative estimate of drug-likeness (QED) is 0.0645. The highest BCUT2D eigenvalue weighted by Gasteiger charge is 2.34. The third-order valence-electron chi connectivity index (χ3n) is 17.6. The van der Waals surface area contributed by atoms with E-state index < -0.39 is 17.2 Å². The zero-order valence-corrected chi connectivity index (χ0v) is 46.1. The molecule has 8 heteroatoms. The summed E-state index contributed by atoms with van der Waals surface area (Å²) in [7, 11) is 1.41. The van der Waals surface area contributed by atoms with Crippen LogP contribution in [0.25, 0.3) is 22.3 Å². The van der Waals surface area contributed by atoms with Crippen LogP contribution >= 0.6 is 0 Å². The monoisotopic (exact) mass is 1010 g/mol. The number of nitrogens with zero attached hydrogens (tertiary/aromatic N) is 2. The predicted molar refractivity (Wildman–Crippen MR) is 304 cm³/mol. The van der Waals surface area contributed by atoms with Crippen LogP contribution < -0.4 is 0 Å². The molecule has 0 amide bonds. The molecule has 0 atom stereocenters. The van der Waals surface area contributed by atoms with E-state index in [1.165, 1.54) is 64.5 Å². The number of aryl methyl sites for hydroxylation is 4. The summed E-state index contributed by atoms with van der Waals surface area (Å²) in [5.41, 5.74) is 15.1. The van der Waals surface area contributed by atoms with E-state index in [2.05, 4.69) is 136 Å². The summed E-state index contributed by atoms with van der Waals surface area (Å²) in [6.45, 7) is 13.5. The first-order valence-corrected chi connectivity index (χ1v) is 28.1. The molecule has 2 aliphatic carbocycles. The fourth-order valence-corrected chi connectivity index (χ4v) is 12.5. The Morgan fingerprint density at radius 3 is 1.23 bits per heavy atom. The number of esters is 1. The highest BCUT2D eigenvalue weighted by atomic mass is 16.5. The summed E-state index contributed by atoms with van der Waals surface area (Å²) < 4.78 is 4.80. The van der Waals surface area contributed by atoms with E-state index in [4.69, 9.17) is 9.84 Å². The number of carboxylic acid groups (broad SMARTS) is 1. The van der Waals surface area contributed by atoms with Crippen LogP contribution in [-0.2, 0) is 50.8 Å². The Labute approximate surface area is 448 Å². The van der Waals surface area contributed by atoms with Crippen molar-refractivity contribution in [2.45, 2.75) is 192 Å². The SMILES string of the molecule is CCC(CC)(c1ccc(-c2cncc(CC(=O)O)c2)cc1)c1ccc(CCC2(O)CCCCC2)c(C)c1.CCC(CC)(c1ccc(-c2cncc(CC(=O)OC)c2)cc1)c1ccc(CCC2(O)CCCCC2)c(C)c1. The molecule has 4 aromatic carbocycles. The first-order chi connectivity index (χ1) is 36.1. The first-order valence-electron chi connectivity index (χ1n) is 28.1. The van der Waals surface area contributed by atoms with Crippen molar-refractivity contribution >= 4 is 11.9 Å². The molecule has 8 rings (SSSR count). The van der Waals surface area contributed by atoms with Crippen molar-refractivity contribution < 1.29 is 29.6 Å². The van der Waals surface area contributed by atoms with Crippen LogP contribution in [0.4, 0.5) is 0 Å². The number of rotatable bonds is 20. The summed E-state index contributed by atoms with van der Waals surface area (Å²) in [5.74, 6) is -1.11.